The maximum Gasteiger partial charge on any atom is 0.303 e. The summed E-state index contributed by atoms with van der Waals surface area (Å²) in [7, 11) is 0. The summed E-state index contributed by atoms with van der Waals surface area (Å²) in [5.74, 6) is -1.93. The molecule has 1 fully saturated rings. The summed E-state index contributed by atoms with van der Waals surface area (Å²) in [6.45, 7) is 5.07. The van der Waals surface area contributed by atoms with Crippen LogP contribution in [0.3, 0.4) is 0 Å². The van der Waals surface area contributed by atoms with Crippen molar-refractivity contribution in [1.29, 1.82) is 5.26 Å². The summed E-state index contributed by atoms with van der Waals surface area (Å²) in [5.41, 5.74) is 0. The Morgan fingerprint density at radius 3 is 1.76 bits per heavy atom. The van der Waals surface area contributed by atoms with Crippen LogP contribution in [0.15, 0.2) is 0 Å². The lowest BCUT2D eigenvalue weighted by Crippen LogP contribution is -2.60. The average molecular weight is 299 g/mol. The Kier molecular flexibility index (Phi) is 5.67. The average Bonchev–Trinajstić information content (AvgIpc) is 2.35. The highest BCUT2D eigenvalue weighted by Gasteiger charge is 2.50. The van der Waals surface area contributed by atoms with Gasteiger partial charge in [0.15, 0.2) is 24.4 Å². The first-order chi connectivity index (χ1) is 9.76. The molecule has 1 saturated heterocycles. The van der Waals surface area contributed by atoms with E-state index in [4.69, 9.17) is 24.2 Å². The third-order valence-electron chi connectivity index (χ3n) is 2.80. The van der Waals surface area contributed by atoms with E-state index in [0.29, 0.717) is 0 Å². The molecule has 0 N–H and O–H groups in total. The van der Waals surface area contributed by atoms with Crippen LogP contribution in [0.4, 0.5) is 0 Å². The number of hydrogen-bond acceptors (Lipinski definition) is 8. The molecule has 8 nitrogen and oxygen atoms in total. The summed E-state index contributed by atoms with van der Waals surface area (Å²) in [5, 5.41) is 9.10. The van der Waals surface area contributed by atoms with E-state index >= 15 is 0 Å². The van der Waals surface area contributed by atoms with E-state index in [2.05, 4.69) is 0 Å². The first-order valence-electron chi connectivity index (χ1n) is 6.33. The Hall–Kier alpha value is -2.14. The number of carbonyl (C=O) groups is 3. The molecule has 0 amide bonds. The second-order valence-electron chi connectivity index (χ2n) is 4.61. The van der Waals surface area contributed by atoms with Crippen LogP contribution >= 0.6 is 0 Å². The molecule has 116 valence electrons. The molecule has 0 aromatic carbocycles. The number of esters is 3. The highest BCUT2D eigenvalue weighted by molar-refractivity contribution is 5.68. The second kappa shape index (κ2) is 7.04. The van der Waals surface area contributed by atoms with Crippen LogP contribution in [0.25, 0.3) is 0 Å². The quantitative estimate of drug-likeness (QED) is 0.532. The highest BCUT2D eigenvalue weighted by Crippen LogP contribution is 2.28. The zero-order valence-electron chi connectivity index (χ0n) is 12.2. The van der Waals surface area contributed by atoms with Crippen LogP contribution in [0.2, 0.25) is 0 Å². The molecule has 0 aliphatic carbocycles. The minimum Gasteiger partial charge on any atom is -0.456 e. The summed E-state index contributed by atoms with van der Waals surface area (Å²) in [4.78, 5) is 33.6. The largest absolute Gasteiger partial charge is 0.456 e. The first-order valence-corrected chi connectivity index (χ1v) is 6.33. The van der Waals surface area contributed by atoms with Gasteiger partial charge in [0, 0.05) is 20.8 Å². The molecule has 0 saturated carbocycles. The second-order valence-corrected chi connectivity index (χ2v) is 4.61. The van der Waals surface area contributed by atoms with Crippen LogP contribution in [0, 0.1) is 11.3 Å². The fourth-order valence-electron chi connectivity index (χ4n) is 2.12. The molecule has 0 aromatic heterocycles. The van der Waals surface area contributed by atoms with Crippen molar-refractivity contribution in [3.8, 4) is 6.07 Å². The lowest BCUT2D eigenvalue weighted by Gasteiger charge is -2.41. The maximum atomic E-state index is 11.2. The van der Waals surface area contributed by atoms with Crippen LogP contribution in [-0.4, -0.2) is 48.4 Å². The first kappa shape index (κ1) is 16.9. The minimum absolute atomic E-state index is 0.607. The number of rotatable bonds is 3. The molecule has 0 bridgehead atoms. The van der Waals surface area contributed by atoms with Gasteiger partial charge in [-0.05, 0) is 6.92 Å². The van der Waals surface area contributed by atoms with Crippen molar-refractivity contribution >= 4 is 17.9 Å². The van der Waals surface area contributed by atoms with E-state index in [0.717, 1.165) is 13.8 Å². The molecule has 0 spiro atoms. The fraction of sp³-hybridized carbons (Fsp3) is 0.692. The van der Waals surface area contributed by atoms with Gasteiger partial charge in [-0.2, -0.15) is 5.26 Å². The maximum absolute atomic E-state index is 11.2. The molecule has 5 atom stereocenters. The molecular formula is C13H17NO7. The number of nitriles is 1. The summed E-state index contributed by atoms with van der Waals surface area (Å²) in [6.07, 6.45) is -5.07. The third kappa shape index (κ3) is 4.43. The van der Waals surface area contributed by atoms with Crippen LogP contribution in [0.5, 0.6) is 0 Å². The lowest BCUT2D eigenvalue weighted by atomic mass is 9.95. The van der Waals surface area contributed by atoms with Gasteiger partial charge in [-0.1, -0.05) is 0 Å². The van der Waals surface area contributed by atoms with Crippen molar-refractivity contribution in [1.82, 2.24) is 0 Å². The smallest absolute Gasteiger partial charge is 0.303 e. The topological polar surface area (TPSA) is 112 Å². The number of ether oxygens (including phenoxy) is 4. The Balaban J connectivity index is 3.11. The van der Waals surface area contributed by atoms with E-state index in [1.165, 1.54) is 6.92 Å². The van der Waals surface area contributed by atoms with Gasteiger partial charge in [-0.3, -0.25) is 14.4 Å². The lowest BCUT2D eigenvalue weighted by molar-refractivity contribution is -0.234. The molecule has 8 heteroatoms. The molecule has 1 heterocycles. The predicted octanol–water partition coefficient (Wildman–Crippen LogP) is 0.0924. The zero-order valence-corrected chi connectivity index (χ0v) is 12.2. The van der Waals surface area contributed by atoms with Gasteiger partial charge in [-0.25, -0.2) is 0 Å². The van der Waals surface area contributed by atoms with Gasteiger partial charge in [-0.15, -0.1) is 0 Å². The van der Waals surface area contributed by atoms with Gasteiger partial charge < -0.3 is 18.9 Å². The third-order valence-corrected chi connectivity index (χ3v) is 2.80. The summed E-state index contributed by atoms with van der Waals surface area (Å²) < 4.78 is 20.6. The fourth-order valence-corrected chi connectivity index (χ4v) is 2.12. The molecule has 1 rings (SSSR count). The number of hydrogen-bond donors (Lipinski definition) is 0. The molecule has 21 heavy (non-hydrogen) atoms. The standard InChI is InChI=1S/C13H17NO7/c1-6-11(19-7(2)15)13(21-9(4)17)12(20-8(3)16)10(5-14)18-6/h6,10-13H,1-4H3/t6-,10-,11-,12-,13+/m0/s1. The van der Waals surface area contributed by atoms with Crippen LogP contribution < -0.4 is 0 Å². The van der Waals surface area contributed by atoms with Crippen LogP contribution in [-0.2, 0) is 33.3 Å². The van der Waals surface area contributed by atoms with Crippen molar-refractivity contribution < 1.29 is 33.3 Å². The van der Waals surface area contributed by atoms with Gasteiger partial charge in [0.2, 0.25) is 0 Å². The molecule has 0 unspecified atom stereocenters. The molecular weight excluding hydrogens is 282 g/mol. The monoisotopic (exact) mass is 299 g/mol. The number of nitrogens with zero attached hydrogens (tertiary/aromatic N) is 1. The summed E-state index contributed by atoms with van der Waals surface area (Å²) >= 11 is 0. The van der Waals surface area contributed by atoms with Gasteiger partial charge in [0.25, 0.3) is 0 Å². The number of carbonyl (C=O) groups excluding carboxylic acids is 3. The van der Waals surface area contributed by atoms with Crippen molar-refractivity contribution in [2.45, 2.75) is 58.2 Å². The van der Waals surface area contributed by atoms with E-state index in [1.807, 2.05) is 6.07 Å². The van der Waals surface area contributed by atoms with E-state index in [1.54, 1.807) is 6.92 Å². The normalized spacial score (nSPS) is 31.7. The van der Waals surface area contributed by atoms with E-state index in [9.17, 15) is 14.4 Å². The van der Waals surface area contributed by atoms with Gasteiger partial charge in [0.05, 0.1) is 12.2 Å². The summed E-state index contributed by atoms with van der Waals surface area (Å²) in [6, 6.07) is 1.84. The minimum atomic E-state index is -1.17. The molecule has 0 radical (unpaired) electrons. The van der Waals surface area contributed by atoms with Gasteiger partial charge >= 0.3 is 17.9 Å². The van der Waals surface area contributed by atoms with Crippen LogP contribution in [0.1, 0.15) is 27.7 Å². The van der Waals surface area contributed by atoms with E-state index in [-0.39, 0.29) is 0 Å². The molecule has 1 aliphatic heterocycles. The van der Waals surface area contributed by atoms with Crippen molar-refractivity contribution in [2.24, 2.45) is 0 Å². The van der Waals surface area contributed by atoms with Crippen molar-refractivity contribution in [3.05, 3.63) is 0 Å². The Labute approximate surface area is 121 Å². The van der Waals surface area contributed by atoms with Gasteiger partial charge in [0.1, 0.15) is 0 Å². The Bertz CT molecular complexity index is 470. The Morgan fingerprint density at radius 1 is 0.905 bits per heavy atom. The molecule has 0 aromatic rings. The molecule has 1 aliphatic rings. The van der Waals surface area contributed by atoms with E-state index < -0.39 is 48.4 Å². The zero-order chi connectivity index (χ0) is 16.2. The van der Waals surface area contributed by atoms with Crippen molar-refractivity contribution in [2.75, 3.05) is 0 Å². The Morgan fingerprint density at radius 2 is 1.33 bits per heavy atom. The highest BCUT2D eigenvalue weighted by atomic mass is 16.6. The predicted molar refractivity (Wildman–Crippen MR) is 66.6 cm³/mol. The van der Waals surface area contributed by atoms with Crippen molar-refractivity contribution in [3.63, 3.8) is 0 Å². The SMILES string of the molecule is CC(=O)O[C@@H]1[C@@H](OC(C)=O)[C@H](C)O[C@@H](C#N)[C@@H]1OC(C)=O.